The van der Waals surface area contributed by atoms with Crippen molar-refractivity contribution in [3.8, 4) is 17.0 Å². The second-order valence-electron chi connectivity index (χ2n) is 6.04. The third kappa shape index (κ3) is 3.26. The van der Waals surface area contributed by atoms with Gasteiger partial charge in [-0.1, -0.05) is 0 Å². The lowest BCUT2D eigenvalue weighted by Gasteiger charge is -2.23. The molecule has 0 saturated carbocycles. The lowest BCUT2D eigenvalue weighted by molar-refractivity contribution is 0.0211. The number of aromatic hydroxyl groups is 1. The first kappa shape index (κ1) is 15.8. The van der Waals surface area contributed by atoms with Gasteiger partial charge in [0.2, 0.25) is 0 Å². The second-order valence-corrected chi connectivity index (χ2v) is 6.04. The highest BCUT2D eigenvalue weighted by molar-refractivity contribution is 5.70. The van der Waals surface area contributed by atoms with Gasteiger partial charge >= 0.3 is 5.69 Å². The van der Waals surface area contributed by atoms with Gasteiger partial charge in [-0.2, -0.15) is 0 Å². The molecule has 1 fully saturated rings. The number of hydrogen-bond acceptors (Lipinski definition) is 6. The number of morpholine rings is 1. The first-order chi connectivity index (χ1) is 12.2. The number of aromatic amines is 1. The van der Waals surface area contributed by atoms with Crippen molar-refractivity contribution in [3.05, 3.63) is 40.9 Å². The average Bonchev–Trinajstić information content (AvgIpc) is 2.96. The van der Waals surface area contributed by atoms with Gasteiger partial charge in [0.25, 0.3) is 0 Å². The lowest BCUT2D eigenvalue weighted by Crippen LogP contribution is -2.39. The number of H-pyrrole nitrogens is 1. The van der Waals surface area contributed by atoms with E-state index >= 15 is 0 Å². The maximum absolute atomic E-state index is 12.2. The number of benzene rings is 1. The molecule has 25 heavy (non-hydrogen) atoms. The van der Waals surface area contributed by atoms with Crippen molar-refractivity contribution < 1.29 is 9.84 Å². The van der Waals surface area contributed by atoms with Crippen LogP contribution in [-0.4, -0.2) is 50.4 Å². The van der Waals surface area contributed by atoms with Gasteiger partial charge in [0.05, 0.1) is 24.6 Å². The van der Waals surface area contributed by atoms with Crippen LogP contribution in [0.3, 0.4) is 0 Å². The molecule has 3 heterocycles. The van der Waals surface area contributed by atoms with Crippen LogP contribution >= 0.6 is 0 Å². The van der Waals surface area contributed by atoms with Crippen LogP contribution in [0.4, 0.5) is 0 Å². The van der Waals surface area contributed by atoms with Gasteiger partial charge in [0, 0.05) is 25.2 Å². The number of nitrogens with one attached hydrogen (secondary N) is 2. The van der Waals surface area contributed by atoms with Crippen molar-refractivity contribution in [1.82, 2.24) is 24.8 Å². The molecule has 130 valence electrons. The Labute approximate surface area is 143 Å². The molecule has 3 aromatic rings. The molecule has 4 rings (SSSR count). The Balaban J connectivity index is 1.64. The van der Waals surface area contributed by atoms with Crippen LogP contribution in [0.5, 0.6) is 5.75 Å². The minimum atomic E-state index is -0.221. The fourth-order valence-electron chi connectivity index (χ4n) is 2.98. The van der Waals surface area contributed by atoms with Crippen LogP contribution in [0.1, 0.15) is 6.42 Å². The van der Waals surface area contributed by atoms with Gasteiger partial charge in [0.15, 0.2) is 11.3 Å². The van der Waals surface area contributed by atoms with Gasteiger partial charge in [-0.05, 0) is 30.7 Å². The van der Waals surface area contributed by atoms with Gasteiger partial charge in [-0.15, -0.1) is 0 Å². The molecule has 1 saturated heterocycles. The summed E-state index contributed by atoms with van der Waals surface area (Å²) in [5, 5.41) is 12.7. The summed E-state index contributed by atoms with van der Waals surface area (Å²) in [7, 11) is 0. The molecule has 1 aliphatic heterocycles. The number of rotatable bonds is 4. The maximum atomic E-state index is 12.2. The molecule has 2 aromatic heterocycles. The van der Waals surface area contributed by atoms with Crippen molar-refractivity contribution in [3.63, 3.8) is 0 Å². The Hall–Kier alpha value is -2.71. The molecule has 0 aliphatic carbocycles. The molecular formula is C17H19N5O3. The SMILES string of the molecule is O=c1[nH]c2ncc(-c3ccc(O)cc3)nc2n1CCC1CNCCO1. The van der Waals surface area contributed by atoms with Crippen molar-refractivity contribution in [1.29, 1.82) is 0 Å². The number of ether oxygens (including phenoxy) is 1. The van der Waals surface area contributed by atoms with Gasteiger partial charge in [-0.3, -0.25) is 9.55 Å². The molecule has 0 spiro atoms. The quantitative estimate of drug-likeness (QED) is 0.650. The summed E-state index contributed by atoms with van der Waals surface area (Å²) >= 11 is 0. The number of imidazole rings is 1. The fourth-order valence-corrected chi connectivity index (χ4v) is 2.98. The molecule has 0 amide bonds. The van der Waals surface area contributed by atoms with Crippen molar-refractivity contribution in [2.24, 2.45) is 0 Å². The predicted octanol–water partition coefficient (Wildman–Crippen LogP) is 0.871. The largest absolute Gasteiger partial charge is 0.508 e. The van der Waals surface area contributed by atoms with E-state index in [9.17, 15) is 9.90 Å². The zero-order valence-corrected chi connectivity index (χ0v) is 13.6. The number of hydrogen-bond donors (Lipinski definition) is 3. The van der Waals surface area contributed by atoms with Gasteiger partial charge in [0.1, 0.15) is 5.75 Å². The third-order valence-corrected chi connectivity index (χ3v) is 4.32. The minimum absolute atomic E-state index is 0.0961. The Morgan fingerprint density at radius 2 is 2.16 bits per heavy atom. The number of nitrogens with zero attached hydrogens (tertiary/aromatic N) is 3. The summed E-state index contributed by atoms with van der Waals surface area (Å²) in [6.07, 6.45) is 2.44. The van der Waals surface area contributed by atoms with Gasteiger partial charge < -0.3 is 15.2 Å². The van der Waals surface area contributed by atoms with Gasteiger partial charge in [-0.25, -0.2) is 14.8 Å². The highest BCUT2D eigenvalue weighted by Gasteiger charge is 2.16. The Morgan fingerprint density at radius 1 is 1.32 bits per heavy atom. The van der Waals surface area contributed by atoms with E-state index in [1.165, 1.54) is 0 Å². The van der Waals surface area contributed by atoms with Crippen LogP contribution in [0.2, 0.25) is 0 Å². The normalized spacial score (nSPS) is 17.8. The highest BCUT2D eigenvalue weighted by Crippen LogP contribution is 2.21. The summed E-state index contributed by atoms with van der Waals surface area (Å²) < 4.78 is 7.29. The van der Waals surface area contributed by atoms with Crippen molar-refractivity contribution >= 4 is 11.3 Å². The monoisotopic (exact) mass is 341 g/mol. The van der Waals surface area contributed by atoms with Crippen LogP contribution in [0, 0.1) is 0 Å². The number of aryl methyl sites for hydroxylation is 1. The van der Waals surface area contributed by atoms with Crippen LogP contribution in [-0.2, 0) is 11.3 Å². The summed E-state index contributed by atoms with van der Waals surface area (Å²) in [4.78, 5) is 23.9. The molecule has 1 aromatic carbocycles. The number of phenols is 1. The van der Waals surface area contributed by atoms with Crippen LogP contribution < -0.4 is 11.0 Å². The zero-order chi connectivity index (χ0) is 17.2. The smallest absolute Gasteiger partial charge is 0.328 e. The maximum Gasteiger partial charge on any atom is 0.328 e. The number of fused-ring (bicyclic) bond motifs is 1. The molecule has 8 heteroatoms. The van der Waals surface area contributed by atoms with E-state index in [0.29, 0.717) is 30.1 Å². The van der Waals surface area contributed by atoms with E-state index in [1.807, 2.05) is 0 Å². The first-order valence-electron chi connectivity index (χ1n) is 8.28. The lowest BCUT2D eigenvalue weighted by atomic mass is 10.1. The predicted molar refractivity (Wildman–Crippen MR) is 92.5 cm³/mol. The molecule has 1 atom stereocenters. The topological polar surface area (TPSA) is 105 Å². The van der Waals surface area contributed by atoms with E-state index in [1.54, 1.807) is 35.0 Å². The van der Waals surface area contributed by atoms with E-state index < -0.39 is 0 Å². The van der Waals surface area contributed by atoms with E-state index in [-0.39, 0.29) is 17.5 Å². The molecule has 3 N–H and O–H groups in total. The molecular weight excluding hydrogens is 322 g/mol. The molecule has 1 unspecified atom stereocenters. The zero-order valence-electron chi connectivity index (χ0n) is 13.6. The summed E-state index contributed by atoms with van der Waals surface area (Å²) in [5.74, 6) is 0.192. The minimum Gasteiger partial charge on any atom is -0.508 e. The molecule has 1 aliphatic rings. The van der Waals surface area contributed by atoms with E-state index in [4.69, 9.17) is 4.74 Å². The molecule has 0 radical (unpaired) electrons. The van der Waals surface area contributed by atoms with Crippen molar-refractivity contribution in [2.75, 3.05) is 19.7 Å². The first-order valence-corrected chi connectivity index (χ1v) is 8.28. The molecule has 8 nitrogen and oxygen atoms in total. The van der Waals surface area contributed by atoms with E-state index in [2.05, 4.69) is 20.3 Å². The third-order valence-electron chi connectivity index (χ3n) is 4.32. The summed E-state index contributed by atoms with van der Waals surface area (Å²) in [6.45, 7) is 2.86. The summed E-state index contributed by atoms with van der Waals surface area (Å²) in [5.41, 5.74) is 2.25. The number of aromatic nitrogens is 4. The standard InChI is InChI=1S/C17H19N5O3/c23-12-3-1-11(2-4-12)14-10-19-15-16(20-14)22(17(24)21-15)7-5-13-9-18-6-8-25-13/h1-4,10,13,18,23H,5-9H2,(H,19,21,24). The average molecular weight is 341 g/mol. The van der Waals surface area contributed by atoms with E-state index in [0.717, 1.165) is 25.1 Å². The Bertz CT molecular complexity index is 926. The summed E-state index contributed by atoms with van der Waals surface area (Å²) in [6, 6.07) is 6.72. The fraction of sp³-hybridized carbons (Fsp3) is 0.353. The number of phenolic OH excluding ortho intramolecular Hbond substituents is 1. The second kappa shape index (κ2) is 6.66. The van der Waals surface area contributed by atoms with Crippen molar-refractivity contribution in [2.45, 2.75) is 19.1 Å². The molecule has 0 bridgehead atoms. The Morgan fingerprint density at radius 3 is 2.92 bits per heavy atom. The van der Waals surface area contributed by atoms with Crippen LogP contribution in [0.15, 0.2) is 35.3 Å². The highest BCUT2D eigenvalue weighted by atomic mass is 16.5. The van der Waals surface area contributed by atoms with Crippen LogP contribution in [0.25, 0.3) is 22.6 Å². The Kier molecular flexibility index (Phi) is 4.21.